The van der Waals surface area contributed by atoms with E-state index >= 15 is 0 Å². The van der Waals surface area contributed by atoms with E-state index in [0.29, 0.717) is 36.6 Å². The largest absolute Gasteiger partial charge is 0.505 e. The zero-order chi connectivity index (χ0) is 28.9. The molecule has 1 aliphatic heterocycles. The number of amides is 1. The van der Waals surface area contributed by atoms with Gasteiger partial charge < -0.3 is 19.1 Å². The first-order valence-electron chi connectivity index (χ1n) is 14.4. The third kappa shape index (κ3) is 5.75. The number of carbonyl (C=O) groups is 2. The Morgan fingerprint density at radius 2 is 1.71 bits per heavy atom. The Balaban J connectivity index is 1.52. The van der Waals surface area contributed by atoms with Gasteiger partial charge in [0.15, 0.2) is 5.76 Å². The minimum atomic E-state index is -0.748. The van der Waals surface area contributed by atoms with Gasteiger partial charge in [-0.25, -0.2) is 4.98 Å². The summed E-state index contributed by atoms with van der Waals surface area (Å²) in [6.07, 6.45) is 6.94. The van der Waals surface area contributed by atoms with Crippen LogP contribution in [0.5, 0.6) is 5.75 Å². The number of nitrogens with zero attached hydrogens (tertiary/aromatic N) is 3. The summed E-state index contributed by atoms with van der Waals surface area (Å²) < 4.78 is 7.81. The number of aromatic nitrogens is 2. The molecule has 0 radical (unpaired) electrons. The number of carbonyl (C=O) groups excluding carboxylic acids is 2. The molecule has 0 aliphatic carbocycles. The topological polar surface area (TPSA) is 84.1 Å². The fourth-order valence-corrected chi connectivity index (χ4v) is 5.49. The molecule has 3 heterocycles. The predicted molar refractivity (Wildman–Crippen MR) is 160 cm³/mol. The first-order chi connectivity index (χ1) is 19.9. The number of Topliss-reactive ketones (excluding diaryl/α,β-unsaturated/α-hetero) is 1. The van der Waals surface area contributed by atoms with Crippen molar-refractivity contribution in [3.63, 3.8) is 0 Å². The molecule has 212 valence electrons. The number of ether oxygens (including phenoxy) is 1. The summed E-state index contributed by atoms with van der Waals surface area (Å²) in [5.41, 5.74) is 4.49. The molecule has 0 bridgehead atoms. The van der Waals surface area contributed by atoms with Gasteiger partial charge in [-0.05, 0) is 61.6 Å². The molecule has 0 saturated carbocycles. The number of pyridine rings is 1. The molecule has 2 aromatic carbocycles. The maximum atomic E-state index is 13.5. The average molecular weight is 552 g/mol. The Morgan fingerprint density at radius 3 is 2.41 bits per heavy atom. The van der Waals surface area contributed by atoms with Gasteiger partial charge in [0.05, 0.1) is 23.9 Å². The van der Waals surface area contributed by atoms with Crippen molar-refractivity contribution in [1.29, 1.82) is 0 Å². The van der Waals surface area contributed by atoms with Crippen LogP contribution in [0.25, 0.3) is 11.4 Å². The zero-order valence-corrected chi connectivity index (χ0v) is 24.0. The number of unbranched alkanes of at least 4 members (excludes halogenated alkanes) is 3. The second-order valence-electron chi connectivity index (χ2n) is 10.6. The molecule has 0 spiro atoms. The number of benzene rings is 2. The molecule has 41 heavy (non-hydrogen) atoms. The Hall–Kier alpha value is -4.39. The second kappa shape index (κ2) is 12.4. The SMILES string of the molecule is CCCCCCOc1ccc(C2/C(=C(\O)c3nc4c(C)cccn4c3C)C(=O)C(=O)N2CCc2ccccc2)cc1. The molecule has 7 nitrogen and oxygen atoms in total. The van der Waals surface area contributed by atoms with Crippen LogP contribution in [0.3, 0.4) is 0 Å². The van der Waals surface area contributed by atoms with Crippen molar-refractivity contribution in [2.75, 3.05) is 13.2 Å². The Bertz CT molecular complexity index is 1570. The molecule has 1 unspecified atom stereocenters. The third-order valence-electron chi connectivity index (χ3n) is 7.79. The van der Waals surface area contributed by atoms with Crippen LogP contribution in [0.15, 0.2) is 78.5 Å². The molecule has 1 amide bonds. The van der Waals surface area contributed by atoms with Crippen molar-refractivity contribution in [2.45, 2.75) is 58.9 Å². The normalized spacial score (nSPS) is 16.6. The van der Waals surface area contributed by atoms with Crippen molar-refractivity contribution in [3.8, 4) is 5.75 Å². The molecule has 2 aromatic heterocycles. The van der Waals surface area contributed by atoms with Crippen LogP contribution < -0.4 is 4.74 Å². The number of hydrogen-bond acceptors (Lipinski definition) is 5. The van der Waals surface area contributed by atoms with Crippen LogP contribution >= 0.6 is 0 Å². The molecular weight excluding hydrogens is 514 g/mol. The van der Waals surface area contributed by atoms with Crippen LogP contribution in [-0.2, 0) is 16.0 Å². The lowest BCUT2D eigenvalue weighted by molar-refractivity contribution is -0.139. The van der Waals surface area contributed by atoms with Gasteiger partial charge in [0, 0.05) is 12.7 Å². The summed E-state index contributed by atoms with van der Waals surface area (Å²) in [6, 6.07) is 20.5. The van der Waals surface area contributed by atoms with Gasteiger partial charge in [-0.1, -0.05) is 74.7 Å². The maximum Gasteiger partial charge on any atom is 0.295 e. The van der Waals surface area contributed by atoms with Gasteiger partial charge in [-0.3, -0.25) is 9.59 Å². The van der Waals surface area contributed by atoms with Crippen LogP contribution in [0.4, 0.5) is 0 Å². The second-order valence-corrected chi connectivity index (χ2v) is 10.6. The van der Waals surface area contributed by atoms with Crippen molar-refractivity contribution >= 4 is 23.1 Å². The average Bonchev–Trinajstić information content (AvgIpc) is 3.46. The van der Waals surface area contributed by atoms with E-state index in [2.05, 4.69) is 11.9 Å². The smallest absolute Gasteiger partial charge is 0.295 e. The molecule has 4 aromatic rings. The zero-order valence-electron chi connectivity index (χ0n) is 24.0. The number of hydrogen-bond donors (Lipinski definition) is 1. The van der Waals surface area contributed by atoms with Crippen molar-refractivity contribution < 1.29 is 19.4 Å². The summed E-state index contributed by atoms with van der Waals surface area (Å²) in [5.74, 6) is -0.850. The van der Waals surface area contributed by atoms with E-state index in [-0.39, 0.29) is 11.3 Å². The van der Waals surface area contributed by atoms with Crippen LogP contribution in [-0.4, -0.2) is 44.2 Å². The lowest BCUT2D eigenvalue weighted by atomic mass is 9.96. The fraction of sp³-hybridized carbons (Fsp3) is 0.324. The Labute approximate surface area is 241 Å². The molecule has 1 fully saturated rings. The number of aliphatic hydroxyl groups is 1. The Kier molecular flexibility index (Phi) is 8.53. The third-order valence-corrected chi connectivity index (χ3v) is 7.79. The number of imidazole rings is 1. The molecule has 1 aliphatic rings. The van der Waals surface area contributed by atoms with Crippen molar-refractivity contribution in [3.05, 3.63) is 107 Å². The van der Waals surface area contributed by atoms with Gasteiger partial charge in [0.2, 0.25) is 0 Å². The monoisotopic (exact) mass is 551 g/mol. The molecule has 5 rings (SSSR count). The van der Waals surface area contributed by atoms with Gasteiger partial charge in [-0.2, -0.15) is 0 Å². The van der Waals surface area contributed by atoms with E-state index < -0.39 is 17.7 Å². The number of fused-ring (bicyclic) bond motifs is 1. The number of aliphatic hydroxyl groups excluding tert-OH is 1. The first-order valence-corrected chi connectivity index (χ1v) is 14.4. The first kappa shape index (κ1) is 28.1. The highest BCUT2D eigenvalue weighted by atomic mass is 16.5. The van der Waals surface area contributed by atoms with Crippen LogP contribution in [0.1, 0.15) is 66.7 Å². The summed E-state index contributed by atoms with van der Waals surface area (Å²) in [5, 5.41) is 11.6. The molecule has 7 heteroatoms. The van der Waals surface area contributed by atoms with Crippen molar-refractivity contribution in [1.82, 2.24) is 14.3 Å². The molecule has 1 N–H and O–H groups in total. The highest BCUT2D eigenvalue weighted by Gasteiger charge is 2.46. The molecule has 1 atom stereocenters. The predicted octanol–water partition coefficient (Wildman–Crippen LogP) is 6.57. The van der Waals surface area contributed by atoms with Gasteiger partial charge in [-0.15, -0.1) is 0 Å². The van der Waals surface area contributed by atoms with E-state index in [4.69, 9.17) is 4.74 Å². The standard InChI is InChI=1S/C34H37N3O4/c1-4-5-6-10-22-41-27-17-15-26(16-18-27)30-28(31(38)29-24(3)36-20-11-12-23(2)33(36)35-29)32(39)34(40)37(30)21-19-25-13-8-7-9-14-25/h7-9,11-18,20,30,38H,4-6,10,19,21-22H2,1-3H3/b31-28+. The van der Waals surface area contributed by atoms with Gasteiger partial charge in [0.1, 0.15) is 17.1 Å². The van der Waals surface area contributed by atoms with E-state index in [9.17, 15) is 14.7 Å². The highest BCUT2D eigenvalue weighted by molar-refractivity contribution is 6.46. The number of aryl methyl sites for hydroxylation is 2. The minimum Gasteiger partial charge on any atom is -0.505 e. The lowest BCUT2D eigenvalue weighted by Gasteiger charge is -2.25. The van der Waals surface area contributed by atoms with Gasteiger partial charge >= 0.3 is 0 Å². The van der Waals surface area contributed by atoms with Crippen LogP contribution in [0.2, 0.25) is 0 Å². The molecule has 1 saturated heterocycles. The number of rotatable bonds is 11. The summed E-state index contributed by atoms with van der Waals surface area (Å²) >= 11 is 0. The van der Waals surface area contributed by atoms with Crippen molar-refractivity contribution in [2.24, 2.45) is 0 Å². The van der Waals surface area contributed by atoms with E-state index in [1.807, 2.05) is 91.2 Å². The molecular formula is C34H37N3O4. The van der Waals surface area contributed by atoms with Crippen LogP contribution in [0, 0.1) is 13.8 Å². The summed E-state index contributed by atoms with van der Waals surface area (Å²) in [4.78, 5) is 33.2. The number of ketones is 1. The number of likely N-dealkylation sites (tertiary alicyclic amines) is 1. The fourth-order valence-electron chi connectivity index (χ4n) is 5.49. The van der Waals surface area contributed by atoms with E-state index in [0.717, 1.165) is 35.3 Å². The minimum absolute atomic E-state index is 0.0560. The van der Waals surface area contributed by atoms with Gasteiger partial charge in [0.25, 0.3) is 11.7 Å². The Morgan fingerprint density at radius 1 is 0.951 bits per heavy atom. The summed E-state index contributed by atoms with van der Waals surface area (Å²) in [6.45, 7) is 6.94. The summed E-state index contributed by atoms with van der Waals surface area (Å²) in [7, 11) is 0. The quantitative estimate of drug-likeness (QED) is 0.0986. The maximum absolute atomic E-state index is 13.5. The van der Waals surface area contributed by atoms with E-state index in [1.54, 1.807) is 4.90 Å². The highest BCUT2D eigenvalue weighted by Crippen LogP contribution is 2.40. The van der Waals surface area contributed by atoms with E-state index in [1.165, 1.54) is 12.8 Å². The lowest BCUT2D eigenvalue weighted by Crippen LogP contribution is -2.31.